The molecule has 3 N–H and O–H groups in total. The summed E-state index contributed by atoms with van der Waals surface area (Å²) < 4.78 is 50.6. The fourth-order valence-electron chi connectivity index (χ4n) is 8.46. The smallest absolute Gasteiger partial charge is 0.338 e. The van der Waals surface area contributed by atoms with Crippen molar-refractivity contribution in [2.24, 2.45) is 5.16 Å². The van der Waals surface area contributed by atoms with Crippen LogP contribution in [0, 0.1) is 0 Å². The van der Waals surface area contributed by atoms with Gasteiger partial charge in [-0.2, -0.15) is 0 Å². The molecule has 0 radical (unpaired) electrons. The van der Waals surface area contributed by atoms with Crippen molar-refractivity contribution in [3.63, 3.8) is 0 Å². The van der Waals surface area contributed by atoms with Crippen LogP contribution in [0.4, 0.5) is 0 Å². The highest BCUT2D eigenvalue weighted by Gasteiger charge is 2.53. The molecule has 0 aliphatic carbocycles. The number of benzene rings is 3. The number of amides is 2. The van der Waals surface area contributed by atoms with Gasteiger partial charge in [0.05, 0.1) is 16.7 Å². The molecule has 2 aliphatic rings. The van der Waals surface area contributed by atoms with Gasteiger partial charge in [-0.1, -0.05) is 86.9 Å². The van der Waals surface area contributed by atoms with Gasteiger partial charge >= 0.3 is 23.6 Å². The number of esters is 3. The Kier molecular flexibility index (Phi) is 22.6. The van der Waals surface area contributed by atoms with E-state index < -0.39 is 105 Å². The molecule has 9 atom stereocenters. The van der Waals surface area contributed by atoms with Crippen LogP contribution in [-0.4, -0.2) is 136 Å². The number of aromatic amines is 1. The maximum atomic E-state index is 13.7. The highest BCUT2D eigenvalue weighted by molar-refractivity contribution is 6.74. The molecular formula is C56H73N5O16Si. The highest BCUT2D eigenvalue weighted by atomic mass is 28.4. The molecule has 1 aromatic heterocycles. The van der Waals surface area contributed by atoms with Crippen molar-refractivity contribution in [1.29, 1.82) is 0 Å². The van der Waals surface area contributed by atoms with Crippen molar-refractivity contribution >= 4 is 44.3 Å². The Labute approximate surface area is 454 Å². The van der Waals surface area contributed by atoms with E-state index in [1.54, 1.807) is 97.2 Å². The molecule has 3 heterocycles. The minimum atomic E-state index is -2.35. The van der Waals surface area contributed by atoms with Gasteiger partial charge in [-0.15, -0.1) is 0 Å². The molecule has 22 heteroatoms. The first-order valence-electron chi connectivity index (χ1n) is 26.2. The molecule has 21 nitrogen and oxygen atoms in total. The summed E-state index contributed by atoms with van der Waals surface area (Å²) in [5.41, 5.74) is -0.513. The molecule has 0 bridgehead atoms. The number of nitrogens with zero attached hydrogens (tertiary/aromatic N) is 2. The molecule has 2 amide bonds. The lowest BCUT2D eigenvalue weighted by Crippen LogP contribution is -2.66. The maximum Gasteiger partial charge on any atom is 0.338 e. The fourth-order valence-corrected chi connectivity index (χ4v) is 9.78. The number of carbonyl (C=O) groups excluding carboxylic acids is 5. The van der Waals surface area contributed by atoms with Crippen molar-refractivity contribution in [3.05, 3.63) is 141 Å². The summed E-state index contributed by atoms with van der Waals surface area (Å²) in [5, 5.41) is 9.73. The molecule has 2 unspecified atom stereocenters. The second-order valence-corrected chi connectivity index (χ2v) is 25.2. The molecule has 0 spiro atoms. The molecule has 6 rings (SSSR count). The van der Waals surface area contributed by atoms with Crippen LogP contribution in [-0.2, 0) is 52.0 Å². The van der Waals surface area contributed by atoms with E-state index in [0.717, 1.165) is 19.3 Å². The van der Waals surface area contributed by atoms with E-state index in [2.05, 4.69) is 54.6 Å². The van der Waals surface area contributed by atoms with Crippen LogP contribution in [0.2, 0.25) is 18.1 Å². The van der Waals surface area contributed by atoms with Crippen molar-refractivity contribution in [2.75, 3.05) is 33.5 Å². The number of carbonyl (C=O) groups is 5. The number of nitrogens with one attached hydrogen (secondary N) is 3. The van der Waals surface area contributed by atoms with E-state index in [1.165, 1.54) is 30.9 Å². The van der Waals surface area contributed by atoms with Crippen molar-refractivity contribution in [3.8, 4) is 0 Å². The average molecular weight is 1100 g/mol. The van der Waals surface area contributed by atoms with Gasteiger partial charge in [0.25, 0.3) is 5.56 Å². The monoisotopic (exact) mass is 1100 g/mol. The Morgan fingerprint density at radius 3 is 1.92 bits per heavy atom. The SMILES string of the molecule is COC1C(O[Si](C)(C)C(C)(C)C)[C@@H](CON=CCCCCCNC(=O)CCCCO[C@@H]2O[C@H](COC(=O)c3ccccc3)[C@H](OC(=O)c3ccccc3)[C@H](OC(=O)c3ccccc3)[C@H]2NC(C)=O)O[C@H]1n1ccc(=O)[nH]c1=O. The number of oxime groups is 1. The largest absolute Gasteiger partial charge is 0.459 e. The summed E-state index contributed by atoms with van der Waals surface area (Å²) in [4.78, 5) is 98.6. The number of rotatable bonds is 27. The van der Waals surface area contributed by atoms with Crippen molar-refractivity contribution < 1.29 is 66.4 Å². The van der Waals surface area contributed by atoms with Gasteiger partial charge in [-0.3, -0.25) is 23.9 Å². The first-order valence-corrected chi connectivity index (χ1v) is 29.1. The van der Waals surface area contributed by atoms with Crippen molar-refractivity contribution in [2.45, 2.75) is 146 Å². The molecule has 2 aliphatic heterocycles. The lowest BCUT2D eigenvalue weighted by molar-refractivity contribution is -0.269. The summed E-state index contributed by atoms with van der Waals surface area (Å²) in [5.74, 6) is -2.90. The first-order chi connectivity index (χ1) is 37.4. The first kappa shape index (κ1) is 60.4. The predicted molar refractivity (Wildman–Crippen MR) is 288 cm³/mol. The van der Waals surface area contributed by atoms with Gasteiger partial charge in [-0.05, 0) is 86.6 Å². The number of methoxy groups -OCH3 is 1. The third-order valence-corrected chi connectivity index (χ3v) is 18.1. The summed E-state index contributed by atoms with van der Waals surface area (Å²) in [6.45, 7) is 12.0. The minimum absolute atomic E-state index is 0.0321. The zero-order valence-corrected chi connectivity index (χ0v) is 46.3. The van der Waals surface area contributed by atoms with Gasteiger partial charge in [0.15, 0.2) is 33.0 Å². The molecule has 4 aromatic rings. The Balaban J connectivity index is 0.976. The van der Waals surface area contributed by atoms with Crippen LogP contribution in [0.15, 0.2) is 118 Å². The Hall–Kier alpha value is -6.82. The molecule has 422 valence electrons. The van der Waals surface area contributed by atoms with Gasteiger partial charge in [0.1, 0.15) is 43.7 Å². The summed E-state index contributed by atoms with van der Waals surface area (Å²) in [7, 11) is -0.825. The van der Waals surface area contributed by atoms with Gasteiger partial charge in [0.2, 0.25) is 11.8 Å². The highest BCUT2D eigenvalue weighted by Crippen LogP contribution is 2.42. The molecule has 2 saturated heterocycles. The number of ether oxygens (including phenoxy) is 7. The summed E-state index contributed by atoms with van der Waals surface area (Å²) in [6.07, 6.45) is -1.05. The molecule has 78 heavy (non-hydrogen) atoms. The van der Waals surface area contributed by atoms with Crippen LogP contribution in [0.5, 0.6) is 0 Å². The van der Waals surface area contributed by atoms with Crippen LogP contribution < -0.4 is 21.9 Å². The quantitative estimate of drug-likeness (QED) is 0.0149. The Bertz CT molecular complexity index is 2720. The lowest BCUT2D eigenvalue weighted by atomic mass is 9.95. The summed E-state index contributed by atoms with van der Waals surface area (Å²) in [6, 6.07) is 24.6. The zero-order chi connectivity index (χ0) is 56.2. The number of unbranched alkanes of at least 4 members (excludes halogenated alkanes) is 4. The van der Waals surface area contributed by atoms with Gasteiger partial charge < -0.3 is 53.1 Å². The Morgan fingerprint density at radius 2 is 1.33 bits per heavy atom. The third-order valence-electron chi connectivity index (χ3n) is 13.6. The molecular weight excluding hydrogens is 1030 g/mol. The standard InChI is InChI=1S/C56H73N5O16Si/c1-37(62)59-45-48(76-53(67)40-27-17-12-18-28-40)46(75-52(66)39-25-15-11-16-26-39)41(35-71-51(65)38-23-13-10-14-24-38)74-54(45)70-34-22-19-29-43(63)57-31-20-8-9-21-32-58-72-36-42-47(77-78(6,7)56(2,3)4)49(69-5)50(73-42)61-33-30-44(64)60-55(61)68/h10-18,23-28,30,32-33,41-42,45-50,54H,8-9,19-22,29,31,34-36H2,1-7H3,(H,57,63)(H,59,62)(H,60,64,68)/t41-,42-,45-,46+,47?,48-,49?,50-,54-/m1/s1. The number of H-pyrrole nitrogens is 1. The van der Waals surface area contributed by atoms with Gasteiger partial charge in [-0.25, -0.2) is 19.2 Å². The zero-order valence-electron chi connectivity index (χ0n) is 45.3. The topological polar surface area (TPSA) is 260 Å². The number of aromatic nitrogens is 2. The van der Waals surface area contributed by atoms with E-state index in [-0.39, 0.29) is 47.3 Å². The maximum absolute atomic E-state index is 13.7. The molecule has 0 saturated carbocycles. The van der Waals surface area contributed by atoms with E-state index in [0.29, 0.717) is 25.8 Å². The number of hydrogen-bond donors (Lipinski definition) is 3. The molecule has 3 aromatic carbocycles. The fraction of sp³-hybridized carbons (Fsp3) is 0.500. The van der Waals surface area contributed by atoms with Crippen molar-refractivity contribution in [1.82, 2.24) is 20.2 Å². The third kappa shape index (κ3) is 17.3. The second kappa shape index (κ2) is 29.2. The van der Waals surface area contributed by atoms with Gasteiger partial charge in [0, 0.05) is 52.1 Å². The Morgan fingerprint density at radius 1 is 0.731 bits per heavy atom. The normalized spacial score (nSPS) is 22.3. The number of hydrogen-bond acceptors (Lipinski definition) is 17. The van der Waals surface area contributed by atoms with Crippen LogP contribution in [0.25, 0.3) is 0 Å². The van der Waals surface area contributed by atoms with Crippen LogP contribution in [0.3, 0.4) is 0 Å². The van der Waals surface area contributed by atoms with E-state index in [1.807, 2.05) is 0 Å². The predicted octanol–water partition coefficient (Wildman–Crippen LogP) is 6.24. The minimum Gasteiger partial charge on any atom is -0.459 e. The van der Waals surface area contributed by atoms with Crippen LogP contribution >= 0.6 is 0 Å². The van der Waals surface area contributed by atoms with E-state index in [9.17, 15) is 33.6 Å². The lowest BCUT2D eigenvalue weighted by Gasteiger charge is -2.45. The summed E-state index contributed by atoms with van der Waals surface area (Å²) >= 11 is 0. The average Bonchev–Trinajstić information content (AvgIpc) is 3.92. The van der Waals surface area contributed by atoms with Crippen LogP contribution in [0.1, 0.15) is 110 Å². The second-order valence-electron chi connectivity index (χ2n) is 20.4. The molecule has 2 fully saturated rings. The van der Waals surface area contributed by atoms with E-state index in [4.69, 9.17) is 42.4 Å². The van der Waals surface area contributed by atoms with E-state index >= 15 is 0 Å².